The van der Waals surface area contributed by atoms with E-state index in [4.69, 9.17) is 18.3 Å². The topological polar surface area (TPSA) is 78.9 Å². The lowest BCUT2D eigenvalue weighted by atomic mass is 10.1. The predicted octanol–water partition coefficient (Wildman–Crippen LogP) is 4.54. The fraction of sp³-hybridized carbons (Fsp3) is 0.182. The molecule has 0 saturated carbocycles. The van der Waals surface area contributed by atoms with Gasteiger partial charge in [-0.05, 0) is 38.1 Å². The third kappa shape index (κ3) is 3.24. The second-order valence-corrected chi connectivity index (χ2v) is 6.30. The molecule has 2 aromatic heterocycles. The van der Waals surface area contributed by atoms with Gasteiger partial charge in [0.2, 0.25) is 5.43 Å². The summed E-state index contributed by atoms with van der Waals surface area (Å²) in [5.41, 5.74) is 1.20. The molecule has 4 aromatic rings. The summed E-state index contributed by atoms with van der Waals surface area (Å²) in [6, 6.07) is 14.2. The number of carbonyl (C=O) groups excluding carboxylic acids is 1. The first-order chi connectivity index (χ1) is 13.6. The molecule has 0 unspecified atom stereocenters. The normalized spacial score (nSPS) is 12.2. The van der Waals surface area contributed by atoms with Crippen LogP contribution in [0.4, 0.5) is 0 Å². The average molecular weight is 378 g/mol. The summed E-state index contributed by atoms with van der Waals surface area (Å²) in [5, 5.41) is 1.31. The van der Waals surface area contributed by atoms with Gasteiger partial charge in [-0.3, -0.25) is 4.79 Å². The molecule has 1 atom stereocenters. The largest absolute Gasteiger partial charge is 0.479 e. The molecule has 0 aliphatic rings. The molecule has 2 heterocycles. The Morgan fingerprint density at radius 3 is 2.71 bits per heavy atom. The summed E-state index contributed by atoms with van der Waals surface area (Å²) in [7, 11) is 0. The van der Waals surface area contributed by atoms with E-state index in [2.05, 4.69) is 0 Å². The van der Waals surface area contributed by atoms with Crippen LogP contribution >= 0.6 is 0 Å². The van der Waals surface area contributed by atoms with E-state index in [-0.39, 0.29) is 12.0 Å². The van der Waals surface area contributed by atoms with Crippen molar-refractivity contribution in [1.82, 2.24) is 0 Å². The van der Waals surface area contributed by atoms with Gasteiger partial charge in [0.15, 0.2) is 6.10 Å². The molecule has 0 saturated heterocycles. The van der Waals surface area contributed by atoms with Gasteiger partial charge in [-0.1, -0.05) is 18.2 Å². The number of hydrogen-bond acceptors (Lipinski definition) is 6. The van der Waals surface area contributed by atoms with Crippen LogP contribution in [0.25, 0.3) is 33.3 Å². The molecule has 0 bridgehead atoms. The number of benzene rings is 2. The number of furan rings is 1. The van der Waals surface area contributed by atoms with E-state index in [1.54, 1.807) is 32.0 Å². The smallest absolute Gasteiger partial charge is 0.347 e. The maximum absolute atomic E-state index is 12.9. The van der Waals surface area contributed by atoms with Crippen LogP contribution in [0.3, 0.4) is 0 Å². The second-order valence-electron chi connectivity index (χ2n) is 6.30. The van der Waals surface area contributed by atoms with Gasteiger partial charge in [-0.2, -0.15) is 0 Å². The molecule has 0 radical (unpaired) electrons. The Bertz CT molecular complexity index is 1180. The molecule has 28 heavy (non-hydrogen) atoms. The molecule has 0 aliphatic carbocycles. The van der Waals surface area contributed by atoms with Crippen LogP contribution in [-0.2, 0) is 9.53 Å². The standard InChI is InChI=1S/C22H18O6/c1-3-25-22(24)13(2)27-15-8-9-16-19(11-15)26-12-17(21(16)23)20-10-14-6-4-5-7-18(14)28-20/h4-13H,3H2,1-2H3/t13-/m0/s1. The van der Waals surface area contributed by atoms with E-state index in [0.717, 1.165) is 5.39 Å². The minimum absolute atomic E-state index is 0.203. The molecule has 6 nitrogen and oxygen atoms in total. The van der Waals surface area contributed by atoms with Crippen molar-refractivity contribution in [2.45, 2.75) is 20.0 Å². The molecule has 0 spiro atoms. The van der Waals surface area contributed by atoms with Gasteiger partial charge in [0, 0.05) is 11.5 Å². The summed E-state index contributed by atoms with van der Waals surface area (Å²) in [4.78, 5) is 24.6. The van der Waals surface area contributed by atoms with Crippen molar-refractivity contribution in [2.24, 2.45) is 0 Å². The highest BCUT2D eigenvalue weighted by Gasteiger charge is 2.17. The summed E-state index contributed by atoms with van der Waals surface area (Å²) in [6.45, 7) is 3.61. The lowest BCUT2D eigenvalue weighted by molar-refractivity contribution is -0.150. The zero-order chi connectivity index (χ0) is 19.7. The van der Waals surface area contributed by atoms with Crippen molar-refractivity contribution in [2.75, 3.05) is 6.61 Å². The lowest BCUT2D eigenvalue weighted by Crippen LogP contribution is -2.26. The summed E-state index contributed by atoms with van der Waals surface area (Å²) in [6.07, 6.45) is 0.611. The number of para-hydroxylation sites is 1. The van der Waals surface area contributed by atoms with Crippen LogP contribution in [0.5, 0.6) is 5.75 Å². The summed E-state index contributed by atoms with van der Waals surface area (Å²) >= 11 is 0. The van der Waals surface area contributed by atoms with Crippen LogP contribution in [0, 0.1) is 0 Å². The van der Waals surface area contributed by atoms with E-state index in [0.29, 0.717) is 33.6 Å². The molecule has 0 fully saturated rings. The van der Waals surface area contributed by atoms with Crippen LogP contribution in [0.1, 0.15) is 13.8 Å². The Kier molecular flexibility index (Phi) is 4.61. The zero-order valence-corrected chi connectivity index (χ0v) is 15.4. The third-order valence-electron chi connectivity index (χ3n) is 4.37. The Balaban J connectivity index is 1.68. The van der Waals surface area contributed by atoms with Gasteiger partial charge in [-0.15, -0.1) is 0 Å². The Morgan fingerprint density at radius 1 is 1.11 bits per heavy atom. The minimum atomic E-state index is -0.765. The number of hydrogen-bond donors (Lipinski definition) is 0. The Morgan fingerprint density at radius 2 is 1.93 bits per heavy atom. The first-order valence-corrected chi connectivity index (χ1v) is 8.94. The molecular formula is C22H18O6. The van der Waals surface area contributed by atoms with Crippen LogP contribution < -0.4 is 10.2 Å². The fourth-order valence-electron chi connectivity index (χ4n) is 2.98. The number of rotatable bonds is 5. The Labute approximate surface area is 160 Å². The maximum atomic E-state index is 12.9. The molecule has 0 N–H and O–H groups in total. The summed E-state index contributed by atoms with van der Waals surface area (Å²) < 4.78 is 21.9. The minimum Gasteiger partial charge on any atom is -0.479 e. The second kappa shape index (κ2) is 7.23. The van der Waals surface area contributed by atoms with Gasteiger partial charge < -0.3 is 18.3 Å². The quantitative estimate of drug-likeness (QED) is 0.475. The van der Waals surface area contributed by atoms with Crippen molar-refractivity contribution in [1.29, 1.82) is 0 Å². The highest BCUT2D eigenvalue weighted by molar-refractivity contribution is 5.86. The average Bonchev–Trinajstić information content (AvgIpc) is 3.12. The van der Waals surface area contributed by atoms with Gasteiger partial charge in [0.25, 0.3) is 0 Å². The molecule has 0 amide bonds. The molecule has 0 aliphatic heterocycles. The van der Waals surface area contributed by atoms with E-state index in [1.807, 2.05) is 30.3 Å². The SMILES string of the molecule is CCOC(=O)[C@H](C)Oc1ccc2c(=O)c(-c3cc4ccccc4o3)coc2c1. The predicted molar refractivity (Wildman–Crippen MR) is 104 cm³/mol. The summed E-state index contributed by atoms with van der Waals surface area (Å²) in [5.74, 6) is 0.407. The molecule has 2 aromatic carbocycles. The third-order valence-corrected chi connectivity index (χ3v) is 4.37. The first-order valence-electron chi connectivity index (χ1n) is 8.94. The van der Waals surface area contributed by atoms with Crippen molar-refractivity contribution < 1.29 is 23.1 Å². The molecule has 142 valence electrons. The first kappa shape index (κ1) is 17.9. The molecule has 4 rings (SSSR count). The van der Waals surface area contributed by atoms with E-state index in [1.165, 1.54) is 6.26 Å². The Hall–Kier alpha value is -3.54. The van der Waals surface area contributed by atoms with Gasteiger partial charge in [0.05, 0.1) is 12.0 Å². The monoisotopic (exact) mass is 378 g/mol. The van der Waals surface area contributed by atoms with Gasteiger partial charge >= 0.3 is 5.97 Å². The lowest BCUT2D eigenvalue weighted by Gasteiger charge is -2.13. The zero-order valence-electron chi connectivity index (χ0n) is 15.4. The van der Waals surface area contributed by atoms with E-state index >= 15 is 0 Å². The number of esters is 1. The van der Waals surface area contributed by atoms with Crippen molar-refractivity contribution in [3.05, 3.63) is 65.0 Å². The number of carbonyl (C=O) groups is 1. The van der Waals surface area contributed by atoms with Crippen LogP contribution in [-0.4, -0.2) is 18.7 Å². The van der Waals surface area contributed by atoms with Gasteiger partial charge in [0.1, 0.15) is 34.5 Å². The highest BCUT2D eigenvalue weighted by atomic mass is 16.6. The van der Waals surface area contributed by atoms with Crippen molar-refractivity contribution in [3.63, 3.8) is 0 Å². The fourth-order valence-corrected chi connectivity index (χ4v) is 2.98. The van der Waals surface area contributed by atoms with Crippen LogP contribution in [0.15, 0.2) is 68.4 Å². The van der Waals surface area contributed by atoms with E-state index < -0.39 is 12.1 Å². The highest BCUT2D eigenvalue weighted by Crippen LogP contribution is 2.28. The van der Waals surface area contributed by atoms with Crippen molar-refractivity contribution in [3.8, 4) is 17.1 Å². The maximum Gasteiger partial charge on any atom is 0.347 e. The van der Waals surface area contributed by atoms with Crippen molar-refractivity contribution >= 4 is 27.9 Å². The van der Waals surface area contributed by atoms with E-state index in [9.17, 15) is 9.59 Å². The number of ether oxygens (including phenoxy) is 2. The molecule has 6 heteroatoms. The van der Waals surface area contributed by atoms with Crippen LogP contribution in [0.2, 0.25) is 0 Å². The van der Waals surface area contributed by atoms with Gasteiger partial charge in [-0.25, -0.2) is 4.79 Å². The number of fused-ring (bicyclic) bond motifs is 2. The molecular weight excluding hydrogens is 360 g/mol.